The summed E-state index contributed by atoms with van der Waals surface area (Å²) in [4.78, 5) is 14.3. The van der Waals surface area contributed by atoms with Crippen LogP contribution in [-0.4, -0.2) is 21.2 Å². The molecule has 0 aliphatic rings. The number of hydrogen-bond acceptors (Lipinski definition) is 3. The maximum atomic E-state index is 10.6. The fourth-order valence-electron chi connectivity index (χ4n) is 1.20. The minimum Gasteiger partial charge on any atom is -0.493 e. The van der Waals surface area contributed by atoms with E-state index in [2.05, 4.69) is 16.8 Å². The highest BCUT2D eigenvalue weighted by molar-refractivity contribution is 5.68. The zero-order chi connectivity index (χ0) is 11.3. The molecular weight excluding hydrogens is 194 g/mol. The van der Waals surface area contributed by atoms with Crippen molar-refractivity contribution in [1.29, 1.82) is 0 Å². The number of carboxylic acids is 1. The highest BCUT2D eigenvalue weighted by atomic mass is 16.4. The summed E-state index contributed by atoms with van der Waals surface area (Å²) < 4.78 is 0. The lowest BCUT2D eigenvalue weighted by Gasteiger charge is -2.07. The third-order valence-corrected chi connectivity index (χ3v) is 1.87. The summed E-state index contributed by atoms with van der Waals surface area (Å²) in [6.07, 6.45) is 1.38. The van der Waals surface area contributed by atoms with Crippen LogP contribution in [0.2, 0.25) is 0 Å². The van der Waals surface area contributed by atoms with Crippen molar-refractivity contribution in [3.63, 3.8) is 0 Å². The van der Waals surface area contributed by atoms with Crippen molar-refractivity contribution in [2.75, 3.05) is 0 Å². The van der Waals surface area contributed by atoms with Gasteiger partial charge in [-0.2, -0.15) is 0 Å². The van der Waals surface area contributed by atoms with Crippen LogP contribution in [-0.2, 0) is 4.79 Å². The van der Waals surface area contributed by atoms with E-state index in [1.807, 2.05) is 0 Å². The number of rotatable bonds is 3. The van der Waals surface area contributed by atoms with Crippen molar-refractivity contribution in [1.82, 2.24) is 4.98 Å². The highest BCUT2D eigenvalue weighted by Crippen LogP contribution is 2.19. The van der Waals surface area contributed by atoms with Crippen molar-refractivity contribution in [2.45, 2.75) is 19.3 Å². The zero-order valence-electron chi connectivity index (χ0n) is 8.27. The smallest absolute Gasteiger partial charge is 0.304 e. The molecule has 1 atom stereocenters. The summed E-state index contributed by atoms with van der Waals surface area (Å²) in [5, 5.41) is 17.7. The van der Waals surface area contributed by atoms with Gasteiger partial charge in [0.25, 0.3) is 0 Å². The van der Waals surface area contributed by atoms with Gasteiger partial charge in [0.15, 0.2) is 0 Å². The molecule has 0 aliphatic carbocycles. The quantitative estimate of drug-likeness (QED) is 0.731. The molecule has 0 amide bonds. The summed E-state index contributed by atoms with van der Waals surface area (Å²) in [6, 6.07) is 3.04. The number of carboxylic acid groups (broad SMARTS) is 1. The van der Waals surface area contributed by atoms with Crippen molar-refractivity contribution in [3.05, 3.63) is 23.9 Å². The first-order chi connectivity index (χ1) is 7.13. The van der Waals surface area contributed by atoms with Gasteiger partial charge < -0.3 is 10.2 Å². The normalized spacial score (nSPS) is 11.3. The fraction of sp³-hybridized carbons (Fsp3) is 0.273. The van der Waals surface area contributed by atoms with Gasteiger partial charge in [-0.15, -0.1) is 5.92 Å². The van der Waals surface area contributed by atoms with E-state index in [4.69, 9.17) is 10.2 Å². The summed E-state index contributed by atoms with van der Waals surface area (Å²) in [6.45, 7) is 1.66. The maximum absolute atomic E-state index is 10.6. The van der Waals surface area contributed by atoms with Crippen molar-refractivity contribution in [3.8, 4) is 17.7 Å². The fourth-order valence-corrected chi connectivity index (χ4v) is 1.20. The molecule has 1 aromatic rings. The summed E-state index contributed by atoms with van der Waals surface area (Å²) in [7, 11) is 0. The molecule has 15 heavy (non-hydrogen) atoms. The van der Waals surface area contributed by atoms with Crippen LogP contribution in [0.15, 0.2) is 18.3 Å². The number of aromatic nitrogens is 1. The van der Waals surface area contributed by atoms with Gasteiger partial charge in [-0.3, -0.25) is 4.79 Å². The van der Waals surface area contributed by atoms with E-state index in [-0.39, 0.29) is 18.2 Å². The van der Waals surface area contributed by atoms with Gasteiger partial charge >= 0.3 is 5.97 Å². The molecule has 1 rings (SSSR count). The molecule has 4 heteroatoms. The molecule has 4 nitrogen and oxygen atoms in total. The van der Waals surface area contributed by atoms with Crippen LogP contribution in [0, 0.1) is 11.8 Å². The van der Waals surface area contributed by atoms with Gasteiger partial charge in [-0.05, 0) is 12.5 Å². The Morgan fingerprint density at radius 3 is 2.80 bits per heavy atom. The third-order valence-electron chi connectivity index (χ3n) is 1.87. The molecule has 0 aliphatic heterocycles. The van der Waals surface area contributed by atoms with Gasteiger partial charge in [0, 0.05) is 12.3 Å². The number of aromatic hydroxyl groups is 1. The number of pyridine rings is 1. The van der Waals surface area contributed by atoms with Crippen molar-refractivity contribution < 1.29 is 15.0 Å². The molecule has 1 aromatic heterocycles. The lowest BCUT2D eigenvalue weighted by atomic mass is 9.98. The molecule has 2 N–H and O–H groups in total. The highest BCUT2D eigenvalue weighted by Gasteiger charge is 2.13. The number of nitrogens with zero attached hydrogens (tertiary/aromatic N) is 1. The van der Waals surface area contributed by atoms with E-state index in [0.29, 0.717) is 5.56 Å². The number of hydrogen-bond donors (Lipinski definition) is 2. The Morgan fingerprint density at radius 1 is 1.60 bits per heavy atom. The molecule has 0 saturated carbocycles. The molecule has 1 unspecified atom stereocenters. The Kier molecular flexibility index (Phi) is 3.69. The van der Waals surface area contributed by atoms with Gasteiger partial charge in [0.05, 0.1) is 12.3 Å². The molecule has 1 heterocycles. The molecular formula is C11H11NO3. The first-order valence-electron chi connectivity index (χ1n) is 4.42. The van der Waals surface area contributed by atoms with E-state index in [0.717, 1.165) is 0 Å². The van der Waals surface area contributed by atoms with Crippen LogP contribution in [0.4, 0.5) is 0 Å². The van der Waals surface area contributed by atoms with Gasteiger partial charge in [0.2, 0.25) is 5.88 Å². The number of aliphatic carboxylic acids is 1. The van der Waals surface area contributed by atoms with Crippen LogP contribution in [0.3, 0.4) is 0 Å². The Morgan fingerprint density at radius 2 is 2.33 bits per heavy atom. The lowest BCUT2D eigenvalue weighted by Crippen LogP contribution is -2.04. The first-order valence-corrected chi connectivity index (χ1v) is 4.42. The number of carbonyl (C=O) groups is 1. The summed E-state index contributed by atoms with van der Waals surface area (Å²) in [5.41, 5.74) is 0.699. The van der Waals surface area contributed by atoms with Gasteiger partial charge in [-0.25, -0.2) is 4.98 Å². The standard InChI is InChI=1S/C11H11NO3/c1-2-3-8(6-11(14)15)9-4-5-10(13)12-7-9/h4-5,7-8H,6H2,1H3,(H,12,13)(H,14,15). The van der Waals surface area contributed by atoms with Crippen LogP contribution in [0.25, 0.3) is 0 Å². The lowest BCUT2D eigenvalue weighted by molar-refractivity contribution is -0.137. The molecule has 0 aromatic carbocycles. The average molecular weight is 205 g/mol. The largest absolute Gasteiger partial charge is 0.493 e. The Hall–Kier alpha value is -2.02. The van der Waals surface area contributed by atoms with Crippen LogP contribution in [0.1, 0.15) is 24.8 Å². The van der Waals surface area contributed by atoms with Crippen LogP contribution in [0.5, 0.6) is 5.88 Å². The van der Waals surface area contributed by atoms with E-state index >= 15 is 0 Å². The molecule has 78 valence electrons. The van der Waals surface area contributed by atoms with Gasteiger partial charge in [0.1, 0.15) is 0 Å². The SMILES string of the molecule is CC#CC(CC(=O)O)c1ccc(O)nc1. The van der Waals surface area contributed by atoms with E-state index in [1.165, 1.54) is 12.3 Å². The molecule has 0 spiro atoms. The first kappa shape index (κ1) is 11.1. The van der Waals surface area contributed by atoms with Crippen LogP contribution >= 0.6 is 0 Å². The third kappa shape index (κ3) is 3.31. The van der Waals surface area contributed by atoms with Gasteiger partial charge in [-0.1, -0.05) is 12.0 Å². The molecule has 0 fully saturated rings. The van der Waals surface area contributed by atoms with Crippen LogP contribution < -0.4 is 0 Å². The molecule has 0 saturated heterocycles. The van der Waals surface area contributed by atoms with Crippen molar-refractivity contribution in [2.24, 2.45) is 0 Å². The monoisotopic (exact) mass is 205 g/mol. The molecule has 0 bridgehead atoms. The summed E-state index contributed by atoms with van der Waals surface area (Å²) >= 11 is 0. The second-order valence-corrected chi connectivity index (χ2v) is 2.99. The predicted octanol–water partition coefficient (Wildman–Crippen LogP) is 1.37. The van der Waals surface area contributed by atoms with Crippen molar-refractivity contribution >= 4 is 5.97 Å². The average Bonchev–Trinajstić information content (AvgIpc) is 2.17. The second kappa shape index (κ2) is 5.01. The zero-order valence-corrected chi connectivity index (χ0v) is 8.27. The molecule has 0 radical (unpaired) electrons. The minimum atomic E-state index is -0.907. The van der Waals surface area contributed by atoms with E-state index in [9.17, 15) is 4.79 Å². The predicted molar refractivity (Wildman–Crippen MR) is 54.3 cm³/mol. The maximum Gasteiger partial charge on any atom is 0.304 e. The Labute approximate surface area is 87.6 Å². The summed E-state index contributed by atoms with van der Waals surface area (Å²) in [5.74, 6) is 4.11. The topological polar surface area (TPSA) is 70.4 Å². The Bertz CT molecular complexity index is 400. The van der Waals surface area contributed by atoms with E-state index in [1.54, 1.807) is 13.0 Å². The second-order valence-electron chi connectivity index (χ2n) is 2.99. The minimum absolute atomic E-state index is 0.0622. The van der Waals surface area contributed by atoms with E-state index < -0.39 is 5.97 Å². The Balaban J connectivity index is 2.92.